The minimum absolute atomic E-state index is 0.0640. The van der Waals surface area contributed by atoms with E-state index in [2.05, 4.69) is 21.2 Å². The maximum absolute atomic E-state index is 12.0. The van der Waals surface area contributed by atoms with Gasteiger partial charge in [0.15, 0.2) is 5.78 Å². The molecule has 0 aromatic heterocycles. The zero-order chi connectivity index (χ0) is 17.0. The highest BCUT2D eigenvalue weighted by Gasteiger charge is 2.11. The number of amides is 1. The number of hydrogen-bond acceptors (Lipinski definition) is 3. The highest BCUT2D eigenvalue weighted by Crippen LogP contribution is 2.31. The lowest BCUT2D eigenvalue weighted by molar-refractivity contribution is -0.116. The van der Waals surface area contributed by atoms with E-state index in [1.165, 1.54) is 12.1 Å². The SMILES string of the molecule is Nc1c(Cl)cc(NC(=O)CCC(=O)c2ccc(Br)cc2)cc1Cl. The van der Waals surface area contributed by atoms with Crippen LogP contribution in [0.3, 0.4) is 0 Å². The molecule has 0 bridgehead atoms. The third kappa shape index (κ3) is 4.96. The van der Waals surface area contributed by atoms with Crippen molar-refractivity contribution in [2.75, 3.05) is 11.1 Å². The Hall–Kier alpha value is -1.56. The molecule has 2 aromatic rings. The van der Waals surface area contributed by atoms with Crippen molar-refractivity contribution in [1.82, 2.24) is 0 Å². The smallest absolute Gasteiger partial charge is 0.224 e. The van der Waals surface area contributed by atoms with Crippen LogP contribution < -0.4 is 11.1 Å². The number of carbonyl (C=O) groups excluding carboxylic acids is 2. The summed E-state index contributed by atoms with van der Waals surface area (Å²) in [6.45, 7) is 0. The molecule has 3 N–H and O–H groups in total. The molecular formula is C16H13BrCl2N2O2. The summed E-state index contributed by atoms with van der Waals surface area (Å²) in [4.78, 5) is 23.9. The van der Waals surface area contributed by atoms with Gasteiger partial charge in [0.25, 0.3) is 0 Å². The van der Waals surface area contributed by atoms with Crippen LogP contribution in [0.15, 0.2) is 40.9 Å². The van der Waals surface area contributed by atoms with E-state index in [-0.39, 0.29) is 40.3 Å². The van der Waals surface area contributed by atoms with Gasteiger partial charge in [-0.1, -0.05) is 51.3 Å². The number of halogens is 3. The number of ketones is 1. The first kappa shape index (κ1) is 17.8. The molecule has 2 rings (SSSR count). The maximum Gasteiger partial charge on any atom is 0.224 e. The zero-order valence-corrected chi connectivity index (χ0v) is 15.0. The summed E-state index contributed by atoms with van der Waals surface area (Å²) >= 11 is 15.1. The third-order valence-electron chi connectivity index (χ3n) is 3.11. The fourth-order valence-corrected chi connectivity index (χ4v) is 2.64. The Balaban J connectivity index is 1.92. The van der Waals surface area contributed by atoms with E-state index in [1.807, 2.05) is 0 Å². The lowest BCUT2D eigenvalue weighted by atomic mass is 10.1. The predicted molar refractivity (Wildman–Crippen MR) is 97.2 cm³/mol. The van der Waals surface area contributed by atoms with Crippen LogP contribution in [-0.2, 0) is 4.79 Å². The average Bonchev–Trinajstić information content (AvgIpc) is 2.51. The standard InChI is InChI=1S/C16H13BrCl2N2O2/c17-10-3-1-9(2-4-10)14(22)5-6-15(23)21-11-7-12(18)16(20)13(19)8-11/h1-4,7-8H,5-6,20H2,(H,21,23). The van der Waals surface area contributed by atoms with Gasteiger partial charge in [0.05, 0.1) is 15.7 Å². The third-order valence-corrected chi connectivity index (χ3v) is 4.26. The van der Waals surface area contributed by atoms with Crippen molar-refractivity contribution in [2.24, 2.45) is 0 Å². The Morgan fingerprint density at radius 1 is 1.04 bits per heavy atom. The Morgan fingerprint density at radius 3 is 2.17 bits per heavy atom. The minimum atomic E-state index is -0.299. The Labute approximate surface area is 152 Å². The van der Waals surface area contributed by atoms with E-state index in [0.29, 0.717) is 11.3 Å². The van der Waals surface area contributed by atoms with Gasteiger partial charge in [0.2, 0.25) is 5.91 Å². The van der Waals surface area contributed by atoms with Crippen LogP contribution in [0.5, 0.6) is 0 Å². The number of nitrogens with one attached hydrogen (secondary N) is 1. The molecule has 0 aliphatic heterocycles. The topological polar surface area (TPSA) is 72.2 Å². The van der Waals surface area contributed by atoms with E-state index < -0.39 is 0 Å². The van der Waals surface area contributed by atoms with E-state index >= 15 is 0 Å². The van der Waals surface area contributed by atoms with E-state index in [9.17, 15) is 9.59 Å². The van der Waals surface area contributed by atoms with Crippen molar-refractivity contribution < 1.29 is 9.59 Å². The summed E-state index contributed by atoms with van der Waals surface area (Å²) in [6, 6.07) is 10.0. The van der Waals surface area contributed by atoms with Crippen molar-refractivity contribution in [3.8, 4) is 0 Å². The molecule has 0 spiro atoms. The molecule has 0 aliphatic carbocycles. The molecule has 2 aromatic carbocycles. The summed E-state index contributed by atoms with van der Waals surface area (Å²) in [5.74, 6) is -0.395. The van der Waals surface area contributed by atoms with Crippen molar-refractivity contribution in [3.63, 3.8) is 0 Å². The van der Waals surface area contributed by atoms with Gasteiger partial charge in [-0.05, 0) is 24.3 Å². The molecule has 4 nitrogen and oxygen atoms in total. The molecule has 0 fully saturated rings. The number of rotatable bonds is 5. The summed E-state index contributed by atoms with van der Waals surface area (Å²) in [5.41, 5.74) is 6.90. The second kappa shape index (κ2) is 7.81. The monoisotopic (exact) mass is 414 g/mol. The lowest BCUT2D eigenvalue weighted by Gasteiger charge is -2.08. The molecular weight excluding hydrogens is 403 g/mol. The van der Waals surface area contributed by atoms with Crippen LogP contribution in [-0.4, -0.2) is 11.7 Å². The van der Waals surface area contributed by atoms with Crippen molar-refractivity contribution >= 4 is 62.2 Å². The summed E-state index contributed by atoms with van der Waals surface area (Å²) in [5, 5.41) is 3.17. The molecule has 0 unspecified atom stereocenters. The van der Waals surface area contributed by atoms with Gasteiger partial charge < -0.3 is 11.1 Å². The fourth-order valence-electron chi connectivity index (χ4n) is 1.89. The minimum Gasteiger partial charge on any atom is -0.396 e. The summed E-state index contributed by atoms with van der Waals surface area (Å²) < 4.78 is 0.893. The molecule has 23 heavy (non-hydrogen) atoms. The number of benzene rings is 2. The first-order chi connectivity index (χ1) is 10.9. The van der Waals surface area contributed by atoms with Crippen LogP contribution in [0.2, 0.25) is 10.0 Å². The number of carbonyl (C=O) groups is 2. The summed E-state index contributed by atoms with van der Waals surface area (Å²) in [7, 11) is 0. The largest absolute Gasteiger partial charge is 0.396 e. The van der Waals surface area contributed by atoms with E-state index in [4.69, 9.17) is 28.9 Å². The molecule has 0 heterocycles. The van der Waals surface area contributed by atoms with Gasteiger partial charge >= 0.3 is 0 Å². The second-order valence-electron chi connectivity index (χ2n) is 4.83. The molecule has 0 saturated heterocycles. The highest BCUT2D eigenvalue weighted by atomic mass is 79.9. The molecule has 120 valence electrons. The number of anilines is 2. The predicted octanol–water partition coefficient (Wildman–Crippen LogP) is 4.94. The van der Waals surface area contributed by atoms with Crippen molar-refractivity contribution in [1.29, 1.82) is 0 Å². The molecule has 0 saturated carbocycles. The second-order valence-corrected chi connectivity index (χ2v) is 6.56. The van der Waals surface area contributed by atoms with Gasteiger partial charge in [0, 0.05) is 28.6 Å². The van der Waals surface area contributed by atoms with Crippen LogP contribution >= 0.6 is 39.1 Å². The van der Waals surface area contributed by atoms with Crippen LogP contribution in [0.1, 0.15) is 23.2 Å². The Kier molecular flexibility index (Phi) is 6.04. The lowest BCUT2D eigenvalue weighted by Crippen LogP contribution is -2.13. The number of nitrogen functional groups attached to an aromatic ring is 1. The quantitative estimate of drug-likeness (QED) is 0.536. The number of Topliss-reactive ketones (excluding diaryl/α,β-unsaturated/α-hetero) is 1. The molecule has 7 heteroatoms. The number of hydrogen-bond donors (Lipinski definition) is 2. The molecule has 0 radical (unpaired) electrons. The van der Waals surface area contributed by atoms with E-state index in [0.717, 1.165) is 4.47 Å². The van der Waals surface area contributed by atoms with E-state index in [1.54, 1.807) is 24.3 Å². The normalized spacial score (nSPS) is 10.4. The van der Waals surface area contributed by atoms with Crippen LogP contribution in [0.25, 0.3) is 0 Å². The van der Waals surface area contributed by atoms with Gasteiger partial charge in [-0.3, -0.25) is 9.59 Å². The van der Waals surface area contributed by atoms with Gasteiger partial charge in [0.1, 0.15) is 0 Å². The van der Waals surface area contributed by atoms with Crippen LogP contribution in [0.4, 0.5) is 11.4 Å². The molecule has 1 amide bonds. The Bertz CT molecular complexity index is 725. The van der Waals surface area contributed by atoms with Gasteiger partial charge in [-0.25, -0.2) is 0 Å². The average molecular weight is 416 g/mol. The van der Waals surface area contributed by atoms with Crippen molar-refractivity contribution in [2.45, 2.75) is 12.8 Å². The van der Waals surface area contributed by atoms with Gasteiger partial charge in [-0.2, -0.15) is 0 Å². The highest BCUT2D eigenvalue weighted by molar-refractivity contribution is 9.10. The summed E-state index contributed by atoms with van der Waals surface area (Å²) in [6.07, 6.45) is 0.179. The zero-order valence-electron chi connectivity index (χ0n) is 11.9. The fraction of sp³-hybridized carbons (Fsp3) is 0.125. The molecule has 0 atom stereocenters. The maximum atomic E-state index is 12.0. The first-order valence-corrected chi connectivity index (χ1v) is 8.25. The van der Waals surface area contributed by atoms with Crippen molar-refractivity contribution in [3.05, 3.63) is 56.5 Å². The first-order valence-electron chi connectivity index (χ1n) is 6.70. The van der Waals surface area contributed by atoms with Crippen LogP contribution in [0, 0.1) is 0 Å². The Morgan fingerprint density at radius 2 is 1.61 bits per heavy atom. The molecule has 0 aliphatic rings. The van der Waals surface area contributed by atoms with Gasteiger partial charge in [-0.15, -0.1) is 0 Å². The number of nitrogens with two attached hydrogens (primary N) is 1.